The average Bonchev–Trinajstić information content (AvgIpc) is 3.00. The predicted octanol–water partition coefficient (Wildman–Crippen LogP) is 12.9. The Morgan fingerprint density at radius 2 is 0.750 bits per heavy atom. The highest BCUT2D eigenvalue weighted by atomic mass is 16.7. The largest absolute Gasteiger partial charge is 0.349 e. The smallest absolute Gasteiger partial charge is 0.178 e. The molecule has 0 aliphatic heterocycles. The van der Waals surface area contributed by atoms with Gasteiger partial charge in [0.25, 0.3) is 0 Å². The lowest BCUT2D eigenvalue weighted by Crippen LogP contribution is -2.43. The molecule has 0 aliphatic carbocycles. The average molecular weight is 616 g/mol. The van der Waals surface area contributed by atoms with Gasteiger partial charge in [-0.25, -0.2) is 0 Å². The first kappa shape index (κ1) is 42.8. The van der Waals surface area contributed by atoms with E-state index in [4.69, 9.17) is 9.47 Å². The maximum atomic E-state index is 6.30. The molecule has 0 saturated carbocycles. The molecule has 0 amide bonds. The van der Waals surface area contributed by atoms with E-state index in [0.717, 1.165) is 45.4 Å². The molecule has 0 unspecified atom stereocenters. The first-order valence-corrected chi connectivity index (χ1v) is 19.1. The second-order valence-corrected chi connectivity index (χ2v) is 13.2. The van der Waals surface area contributed by atoms with Crippen molar-refractivity contribution in [1.29, 1.82) is 0 Å². The molecule has 0 atom stereocenters. The van der Waals surface area contributed by atoms with Crippen LogP contribution in [0.3, 0.4) is 0 Å². The summed E-state index contributed by atoms with van der Waals surface area (Å²) in [6, 6.07) is 0. The van der Waals surface area contributed by atoms with Gasteiger partial charge in [-0.1, -0.05) is 140 Å². The van der Waals surface area contributed by atoms with E-state index in [9.17, 15) is 0 Å². The molecule has 258 valence electrons. The Morgan fingerprint density at radius 3 is 1.09 bits per heavy atom. The normalized spacial score (nSPS) is 12.9. The first-order chi connectivity index (χ1) is 21.5. The molecule has 0 aliphatic rings. The Balaban J connectivity index is 3.73. The van der Waals surface area contributed by atoms with Crippen LogP contribution in [-0.2, 0) is 9.47 Å². The summed E-state index contributed by atoms with van der Waals surface area (Å²) >= 11 is 0. The van der Waals surface area contributed by atoms with Gasteiger partial charge in [-0.15, -0.1) is 0 Å². The summed E-state index contributed by atoms with van der Waals surface area (Å²) in [6.45, 7) is 9.04. The summed E-state index contributed by atoms with van der Waals surface area (Å²) in [5, 5.41) is 0. The van der Waals surface area contributed by atoms with Gasteiger partial charge in [-0.3, -0.25) is 0 Å². The summed E-state index contributed by atoms with van der Waals surface area (Å²) in [5.41, 5.74) is 0. The van der Waals surface area contributed by atoms with E-state index >= 15 is 0 Å². The van der Waals surface area contributed by atoms with Crippen molar-refractivity contribution < 1.29 is 9.47 Å². The maximum Gasteiger partial charge on any atom is 0.178 e. The van der Waals surface area contributed by atoms with Crippen molar-refractivity contribution in [2.24, 2.45) is 0 Å². The molecular weight excluding hydrogens is 538 g/mol. The maximum absolute atomic E-state index is 6.30. The quantitative estimate of drug-likeness (QED) is 0.0408. The van der Waals surface area contributed by atoms with E-state index in [1.807, 2.05) is 0 Å². The minimum Gasteiger partial charge on any atom is -0.349 e. The molecule has 0 aromatic rings. The molecule has 0 heterocycles. The highest BCUT2D eigenvalue weighted by Crippen LogP contribution is 2.17. The molecule has 0 N–H and O–H groups in total. The van der Waals surface area contributed by atoms with Crippen molar-refractivity contribution in [2.45, 2.75) is 181 Å². The molecule has 3 nitrogen and oxygen atoms in total. The Bertz CT molecular complexity index is 628. The molecule has 0 spiro atoms. The summed E-state index contributed by atoms with van der Waals surface area (Å²) < 4.78 is 12.6. The number of hydrogen-bond acceptors (Lipinski definition) is 3. The third-order valence-electron chi connectivity index (χ3n) is 8.11. The van der Waals surface area contributed by atoms with Crippen LogP contribution in [0.2, 0.25) is 0 Å². The highest BCUT2D eigenvalue weighted by Gasteiger charge is 2.26. The van der Waals surface area contributed by atoms with Crippen molar-refractivity contribution in [3.63, 3.8) is 0 Å². The van der Waals surface area contributed by atoms with Gasteiger partial charge in [0.1, 0.15) is 0 Å². The lowest BCUT2D eigenvalue weighted by Gasteiger charge is -2.32. The molecule has 44 heavy (non-hydrogen) atoms. The van der Waals surface area contributed by atoms with Crippen LogP contribution in [0.4, 0.5) is 0 Å². The minimum absolute atomic E-state index is 0.502. The summed E-state index contributed by atoms with van der Waals surface area (Å²) in [4.78, 5) is 2.18. The van der Waals surface area contributed by atoms with E-state index in [0.29, 0.717) is 0 Å². The zero-order chi connectivity index (χ0) is 32.2. The van der Waals surface area contributed by atoms with Crippen molar-refractivity contribution in [3.05, 3.63) is 48.6 Å². The van der Waals surface area contributed by atoms with Gasteiger partial charge in [0, 0.05) is 0 Å². The minimum atomic E-state index is -0.502. The summed E-state index contributed by atoms with van der Waals surface area (Å²) in [7, 11) is 4.21. The molecule has 0 rings (SSSR count). The van der Waals surface area contributed by atoms with Crippen LogP contribution >= 0.6 is 0 Å². The molecule has 0 radical (unpaired) electrons. The number of likely N-dealkylation sites (N-methyl/N-ethyl adjacent to an activating group) is 1. The van der Waals surface area contributed by atoms with Crippen LogP contribution in [0, 0.1) is 0 Å². The monoisotopic (exact) mass is 616 g/mol. The van der Waals surface area contributed by atoms with E-state index in [-0.39, 0.29) is 0 Å². The lowest BCUT2D eigenvalue weighted by atomic mass is 10.1. The molecule has 0 bridgehead atoms. The van der Waals surface area contributed by atoms with Gasteiger partial charge in [0.05, 0.1) is 19.8 Å². The lowest BCUT2D eigenvalue weighted by molar-refractivity contribution is -0.232. The SMILES string of the molecule is CCCCC/C=C\C/C=C\CCCCCCCCOC(C)(CN(C)C)OCCCCCCCC/C=C\C/C=C\CCCCC. The Hall–Kier alpha value is -1.16. The number of hydrogen-bond donors (Lipinski definition) is 0. The summed E-state index contributed by atoms with van der Waals surface area (Å²) in [5.74, 6) is -0.502. The number of unbranched alkanes of at least 4 members (excludes halogenated alkanes) is 18. The second-order valence-electron chi connectivity index (χ2n) is 13.2. The van der Waals surface area contributed by atoms with Gasteiger partial charge < -0.3 is 14.4 Å². The zero-order valence-corrected chi connectivity index (χ0v) is 30.5. The van der Waals surface area contributed by atoms with Crippen LogP contribution < -0.4 is 0 Å². The first-order valence-electron chi connectivity index (χ1n) is 19.1. The molecular formula is C41H77NO2. The van der Waals surface area contributed by atoms with Crippen molar-refractivity contribution in [3.8, 4) is 0 Å². The van der Waals surface area contributed by atoms with Crippen LogP contribution in [0.15, 0.2) is 48.6 Å². The van der Waals surface area contributed by atoms with Crippen molar-refractivity contribution in [2.75, 3.05) is 33.9 Å². The van der Waals surface area contributed by atoms with Crippen LogP contribution in [0.25, 0.3) is 0 Å². The fourth-order valence-corrected chi connectivity index (χ4v) is 5.46. The van der Waals surface area contributed by atoms with Crippen LogP contribution in [0.1, 0.15) is 175 Å². The third-order valence-corrected chi connectivity index (χ3v) is 8.11. The van der Waals surface area contributed by atoms with Gasteiger partial charge in [0.15, 0.2) is 5.79 Å². The number of rotatable bonds is 34. The van der Waals surface area contributed by atoms with Crippen LogP contribution in [-0.4, -0.2) is 44.5 Å². The number of ether oxygens (including phenoxy) is 2. The highest BCUT2D eigenvalue weighted by molar-refractivity contribution is 4.93. The molecule has 0 fully saturated rings. The predicted molar refractivity (Wildman–Crippen MR) is 198 cm³/mol. The van der Waals surface area contributed by atoms with Gasteiger partial charge >= 0.3 is 0 Å². The molecule has 0 saturated heterocycles. The van der Waals surface area contributed by atoms with E-state index in [1.54, 1.807) is 0 Å². The molecule has 3 heteroatoms. The van der Waals surface area contributed by atoms with Crippen molar-refractivity contribution in [1.82, 2.24) is 4.90 Å². The van der Waals surface area contributed by atoms with Gasteiger partial charge in [0.2, 0.25) is 0 Å². The standard InChI is InChI=1S/C41H77NO2/c1-6-8-10-12-14-16-18-20-22-24-26-28-30-32-34-36-38-43-41(3,40-42(4)5)44-39-37-35-33-31-29-27-25-23-21-19-17-15-13-11-9-7-2/h14-17,20-23H,6-13,18-19,24-40H2,1-5H3/b16-14-,17-15-,22-20-,23-21-. The second kappa shape index (κ2) is 34.7. The van der Waals surface area contributed by atoms with Crippen molar-refractivity contribution >= 4 is 0 Å². The fraction of sp³-hybridized carbons (Fsp3) is 0.805. The van der Waals surface area contributed by atoms with Crippen LogP contribution in [0.5, 0.6) is 0 Å². The topological polar surface area (TPSA) is 21.7 Å². The third kappa shape index (κ3) is 33.7. The number of nitrogens with zero attached hydrogens (tertiary/aromatic N) is 1. The van der Waals surface area contributed by atoms with Gasteiger partial charge in [-0.2, -0.15) is 0 Å². The molecule has 0 aromatic heterocycles. The van der Waals surface area contributed by atoms with E-state index in [2.05, 4.69) is 88.4 Å². The van der Waals surface area contributed by atoms with E-state index in [1.165, 1.54) is 128 Å². The Morgan fingerprint density at radius 1 is 0.432 bits per heavy atom. The Labute approximate surface area is 277 Å². The molecule has 0 aromatic carbocycles. The van der Waals surface area contributed by atoms with E-state index < -0.39 is 5.79 Å². The summed E-state index contributed by atoms with van der Waals surface area (Å²) in [6.07, 6.45) is 49.2. The Kier molecular flexibility index (Phi) is 33.8. The number of allylic oxidation sites excluding steroid dienone is 8. The van der Waals surface area contributed by atoms with Gasteiger partial charge in [-0.05, 0) is 98.1 Å². The fourth-order valence-electron chi connectivity index (χ4n) is 5.46. The zero-order valence-electron chi connectivity index (χ0n) is 30.5.